The van der Waals surface area contributed by atoms with E-state index in [-0.39, 0.29) is 12.1 Å². The molecule has 0 aromatic carbocycles. The van der Waals surface area contributed by atoms with Crippen LogP contribution in [0.4, 0.5) is 0 Å². The van der Waals surface area contributed by atoms with Crippen LogP contribution in [0.5, 0.6) is 0 Å². The first-order valence-corrected chi connectivity index (χ1v) is 5.20. The van der Waals surface area contributed by atoms with Crippen molar-refractivity contribution in [2.45, 2.75) is 37.8 Å². The van der Waals surface area contributed by atoms with Gasteiger partial charge in [-0.3, -0.25) is 4.90 Å². The lowest BCUT2D eigenvalue weighted by atomic mass is 9.92. The molecule has 2 atom stereocenters. The summed E-state index contributed by atoms with van der Waals surface area (Å²) in [5.74, 6) is 0. The molecule has 1 aliphatic rings. The van der Waals surface area contributed by atoms with Gasteiger partial charge in [-0.25, -0.2) is 0 Å². The fourth-order valence-corrected chi connectivity index (χ4v) is 2.18. The van der Waals surface area contributed by atoms with Gasteiger partial charge in [0.2, 0.25) is 0 Å². The smallest absolute Gasteiger partial charge is 0.0695 e. The number of hydrogen-bond acceptors (Lipinski definition) is 2. The SMILES string of the molecule is C=C(Cl)CN(C)[C@@H]1CCCC[C@H]1O. The third kappa shape index (κ3) is 3.29. The molecule has 1 saturated carbocycles. The van der Waals surface area contributed by atoms with Crippen LogP contribution in [0.1, 0.15) is 25.7 Å². The van der Waals surface area contributed by atoms with Gasteiger partial charge >= 0.3 is 0 Å². The third-order valence-corrected chi connectivity index (χ3v) is 2.80. The summed E-state index contributed by atoms with van der Waals surface area (Å²) in [6.07, 6.45) is 4.16. The molecule has 0 aromatic heterocycles. The maximum atomic E-state index is 9.74. The van der Waals surface area contributed by atoms with Crippen LogP contribution in [-0.4, -0.2) is 35.7 Å². The second kappa shape index (κ2) is 4.99. The lowest BCUT2D eigenvalue weighted by Gasteiger charge is -2.34. The molecule has 13 heavy (non-hydrogen) atoms. The van der Waals surface area contributed by atoms with Crippen LogP contribution in [0.2, 0.25) is 0 Å². The summed E-state index contributed by atoms with van der Waals surface area (Å²) in [5.41, 5.74) is 0. The average molecular weight is 204 g/mol. The molecule has 3 heteroatoms. The van der Waals surface area contributed by atoms with Gasteiger partial charge in [-0.05, 0) is 19.9 Å². The topological polar surface area (TPSA) is 23.5 Å². The van der Waals surface area contributed by atoms with E-state index in [2.05, 4.69) is 11.5 Å². The largest absolute Gasteiger partial charge is 0.391 e. The van der Waals surface area contributed by atoms with Crippen molar-refractivity contribution in [1.82, 2.24) is 4.90 Å². The van der Waals surface area contributed by atoms with Gasteiger partial charge in [-0.1, -0.05) is 31.0 Å². The zero-order valence-electron chi connectivity index (χ0n) is 8.17. The molecule has 0 bridgehead atoms. The molecule has 1 aliphatic carbocycles. The number of nitrogens with zero attached hydrogens (tertiary/aromatic N) is 1. The molecule has 0 amide bonds. The summed E-state index contributed by atoms with van der Waals surface area (Å²) in [6, 6.07) is 0.268. The van der Waals surface area contributed by atoms with Crippen LogP contribution < -0.4 is 0 Å². The van der Waals surface area contributed by atoms with Crippen molar-refractivity contribution in [1.29, 1.82) is 0 Å². The van der Waals surface area contributed by atoms with Crippen molar-refractivity contribution in [3.8, 4) is 0 Å². The monoisotopic (exact) mass is 203 g/mol. The standard InChI is InChI=1S/C10H18ClNO/c1-8(11)7-12(2)9-5-3-4-6-10(9)13/h9-10,13H,1,3-7H2,2H3/t9-,10-/m1/s1. The van der Waals surface area contributed by atoms with Gasteiger partial charge in [0.25, 0.3) is 0 Å². The van der Waals surface area contributed by atoms with Crippen molar-refractivity contribution in [3.63, 3.8) is 0 Å². The Morgan fingerprint density at radius 3 is 2.69 bits per heavy atom. The molecular formula is C10H18ClNO. The molecular weight excluding hydrogens is 186 g/mol. The summed E-state index contributed by atoms with van der Waals surface area (Å²) < 4.78 is 0. The number of hydrogen-bond donors (Lipinski definition) is 1. The van der Waals surface area contributed by atoms with E-state index in [0.717, 1.165) is 19.3 Å². The van der Waals surface area contributed by atoms with Crippen LogP contribution in [0.15, 0.2) is 11.6 Å². The third-order valence-electron chi connectivity index (χ3n) is 2.68. The number of likely N-dealkylation sites (N-methyl/N-ethyl adjacent to an activating group) is 1. The minimum atomic E-state index is -0.185. The Balaban J connectivity index is 2.43. The number of aliphatic hydroxyl groups is 1. The van der Waals surface area contributed by atoms with Crippen molar-refractivity contribution in [2.75, 3.05) is 13.6 Å². The number of rotatable bonds is 3. The maximum absolute atomic E-state index is 9.74. The van der Waals surface area contributed by atoms with E-state index in [9.17, 15) is 5.11 Å². The fourth-order valence-electron chi connectivity index (χ4n) is 1.99. The van der Waals surface area contributed by atoms with Crippen LogP contribution in [0, 0.1) is 0 Å². The molecule has 0 saturated heterocycles. The highest BCUT2D eigenvalue weighted by Gasteiger charge is 2.26. The lowest BCUT2D eigenvalue weighted by molar-refractivity contribution is 0.0369. The summed E-state index contributed by atoms with van der Waals surface area (Å²) in [4.78, 5) is 2.10. The van der Waals surface area contributed by atoms with Crippen LogP contribution in [0.25, 0.3) is 0 Å². The first kappa shape index (κ1) is 11.0. The Morgan fingerprint density at radius 1 is 1.54 bits per heavy atom. The van der Waals surface area contributed by atoms with Crippen molar-refractivity contribution in [2.24, 2.45) is 0 Å². The summed E-state index contributed by atoms with van der Waals surface area (Å²) in [5, 5.41) is 10.4. The molecule has 1 rings (SSSR count). The van der Waals surface area contributed by atoms with Gasteiger partial charge < -0.3 is 5.11 Å². The molecule has 0 unspecified atom stereocenters. The van der Waals surface area contributed by atoms with Gasteiger partial charge in [0, 0.05) is 17.6 Å². The summed E-state index contributed by atoms with van der Waals surface area (Å²) in [6.45, 7) is 4.33. The normalized spacial score (nSPS) is 29.2. The quantitative estimate of drug-likeness (QED) is 0.759. The van der Waals surface area contributed by atoms with E-state index in [1.165, 1.54) is 6.42 Å². The molecule has 1 fully saturated rings. The first-order valence-electron chi connectivity index (χ1n) is 4.83. The van der Waals surface area contributed by atoms with Gasteiger partial charge in [0.1, 0.15) is 0 Å². The minimum absolute atomic E-state index is 0.185. The zero-order valence-corrected chi connectivity index (χ0v) is 8.93. The van der Waals surface area contributed by atoms with E-state index in [0.29, 0.717) is 11.6 Å². The predicted molar refractivity (Wildman–Crippen MR) is 55.9 cm³/mol. The predicted octanol–water partition coefficient (Wildman–Crippen LogP) is 1.97. The van der Waals surface area contributed by atoms with E-state index in [1.54, 1.807) is 0 Å². The number of halogens is 1. The highest BCUT2D eigenvalue weighted by atomic mass is 35.5. The van der Waals surface area contributed by atoms with Crippen LogP contribution in [-0.2, 0) is 0 Å². The summed E-state index contributed by atoms with van der Waals surface area (Å²) >= 11 is 5.72. The Morgan fingerprint density at radius 2 is 2.15 bits per heavy atom. The van der Waals surface area contributed by atoms with E-state index >= 15 is 0 Å². The molecule has 1 N–H and O–H groups in total. The number of aliphatic hydroxyl groups excluding tert-OH is 1. The molecule has 2 nitrogen and oxygen atoms in total. The Hall–Kier alpha value is -0.0500. The van der Waals surface area contributed by atoms with Crippen LogP contribution >= 0.6 is 11.6 Å². The molecule has 76 valence electrons. The van der Waals surface area contributed by atoms with Crippen molar-refractivity contribution < 1.29 is 5.11 Å². The molecule has 0 spiro atoms. The zero-order chi connectivity index (χ0) is 9.84. The van der Waals surface area contributed by atoms with E-state index in [4.69, 9.17) is 11.6 Å². The molecule has 0 heterocycles. The van der Waals surface area contributed by atoms with Crippen molar-refractivity contribution in [3.05, 3.63) is 11.6 Å². The van der Waals surface area contributed by atoms with Gasteiger partial charge in [0.15, 0.2) is 0 Å². The highest BCUT2D eigenvalue weighted by Crippen LogP contribution is 2.22. The Bertz CT molecular complexity index is 184. The van der Waals surface area contributed by atoms with Gasteiger partial charge in [-0.2, -0.15) is 0 Å². The lowest BCUT2D eigenvalue weighted by Crippen LogP contribution is -2.43. The average Bonchev–Trinajstić information content (AvgIpc) is 2.03. The van der Waals surface area contributed by atoms with Crippen molar-refractivity contribution >= 4 is 11.6 Å². The fraction of sp³-hybridized carbons (Fsp3) is 0.800. The van der Waals surface area contributed by atoms with E-state index in [1.807, 2.05) is 7.05 Å². The molecule has 0 aliphatic heterocycles. The minimum Gasteiger partial charge on any atom is -0.391 e. The Kier molecular flexibility index (Phi) is 4.23. The maximum Gasteiger partial charge on any atom is 0.0695 e. The van der Waals surface area contributed by atoms with Gasteiger partial charge in [-0.15, -0.1) is 0 Å². The second-order valence-electron chi connectivity index (χ2n) is 3.85. The van der Waals surface area contributed by atoms with Gasteiger partial charge in [0.05, 0.1) is 6.10 Å². The Labute approximate surface area is 85.2 Å². The first-order chi connectivity index (χ1) is 6.11. The van der Waals surface area contributed by atoms with Crippen LogP contribution in [0.3, 0.4) is 0 Å². The molecule has 0 radical (unpaired) electrons. The highest BCUT2D eigenvalue weighted by molar-refractivity contribution is 6.29. The second-order valence-corrected chi connectivity index (χ2v) is 4.39. The molecule has 0 aromatic rings. The van der Waals surface area contributed by atoms with E-state index < -0.39 is 0 Å². The summed E-state index contributed by atoms with van der Waals surface area (Å²) in [7, 11) is 1.99.